The number of thiocarbonyl (C=S) groups is 1. The molecule has 2 aromatic rings. The Hall–Kier alpha value is -1.40. The van der Waals surface area contributed by atoms with E-state index in [1.165, 1.54) is 5.56 Å². The van der Waals surface area contributed by atoms with Crippen LogP contribution in [0.25, 0.3) is 0 Å². The lowest BCUT2D eigenvalue weighted by Gasteiger charge is -2.08. The first-order valence-corrected chi connectivity index (χ1v) is 6.53. The van der Waals surface area contributed by atoms with Crippen molar-refractivity contribution >= 4 is 34.4 Å². The summed E-state index contributed by atoms with van der Waals surface area (Å²) in [6, 6.07) is 2.08. The van der Waals surface area contributed by atoms with Crippen LogP contribution in [0.5, 0.6) is 0 Å². The first-order chi connectivity index (χ1) is 8.09. The molecule has 0 aliphatic heterocycles. The highest BCUT2D eigenvalue weighted by atomic mass is 32.1. The maximum atomic E-state index is 5.72. The van der Waals surface area contributed by atoms with E-state index >= 15 is 0 Å². The molecule has 0 spiro atoms. The number of hydrogen-bond acceptors (Lipinski definition) is 4. The number of nitrogens with one attached hydrogen (secondary N) is 1. The van der Waals surface area contributed by atoms with Gasteiger partial charge in [-0.2, -0.15) is 16.4 Å². The van der Waals surface area contributed by atoms with Crippen LogP contribution in [0.1, 0.15) is 16.8 Å². The molecule has 0 atom stereocenters. The summed E-state index contributed by atoms with van der Waals surface area (Å²) in [7, 11) is 1.88. The van der Waals surface area contributed by atoms with Crippen LogP contribution in [0, 0.1) is 6.92 Å². The van der Waals surface area contributed by atoms with E-state index < -0.39 is 0 Å². The van der Waals surface area contributed by atoms with Gasteiger partial charge in [0.25, 0.3) is 0 Å². The molecule has 0 fully saturated rings. The monoisotopic (exact) mass is 266 g/mol. The molecule has 90 valence electrons. The van der Waals surface area contributed by atoms with Gasteiger partial charge in [-0.05, 0) is 29.3 Å². The van der Waals surface area contributed by atoms with Crippen LogP contribution in [0.2, 0.25) is 0 Å². The molecule has 0 aliphatic carbocycles. The van der Waals surface area contributed by atoms with Crippen LogP contribution in [0.3, 0.4) is 0 Å². The molecule has 2 heterocycles. The standard InChI is InChI=1S/C11H14N4S2/c1-7-9(10(12)16)11(15(2)14-7)13-5-8-3-4-17-6-8/h3-4,6,13H,5H2,1-2H3,(H2,12,16). The highest BCUT2D eigenvalue weighted by Gasteiger charge is 2.14. The summed E-state index contributed by atoms with van der Waals surface area (Å²) >= 11 is 6.73. The van der Waals surface area contributed by atoms with Crippen molar-refractivity contribution in [1.29, 1.82) is 0 Å². The Morgan fingerprint density at radius 3 is 3.00 bits per heavy atom. The third-order valence-corrected chi connectivity index (χ3v) is 3.44. The second-order valence-electron chi connectivity index (χ2n) is 3.78. The quantitative estimate of drug-likeness (QED) is 0.832. The van der Waals surface area contributed by atoms with E-state index in [0.717, 1.165) is 23.6 Å². The predicted molar refractivity (Wildman–Crippen MR) is 75.5 cm³/mol. The van der Waals surface area contributed by atoms with Crippen molar-refractivity contribution < 1.29 is 0 Å². The third kappa shape index (κ3) is 2.48. The van der Waals surface area contributed by atoms with Crippen LogP contribution in [-0.2, 0) is 13.6 Å². The van der Waals surface area contributed by atoms with Gasteiger partial charge in [0.15, 0.2) is 0 Å². The zero-order valence-corrected chi connectivity index (χ0v) is 11.4. The topological polar surface area (TPSA) is 55.9 Å². The number of rotatable bonds is 4. The van der Waals surface area contributed by atoms with E-state index in [2.05, 4.69) is 27.2 Å². The number of hydrogen-bond donors (Lipinski definition) is 2. The maximum Gasteiger partial charge on any atom is 0.134 e. The molecule has 2 rings (SSSR count). The van der Waals surface area contributed by atoms with Crippen molar-refractivity contribution in [3.05, 3.63) is 33.6 Å². The minimum atomic E-state index is 0.378. The first-order valence-electron chi connectivity index (χ1n) is 5.18. The van der Waals surface area contributed by atoms with Crippen molar-refractivity contribution in [2.75, 3.05) is 5.32 Å². The fraction of sp³-hybridized carbons (Fsp3) is 0.273. The fourth-order valence-electron chi connectivity index (χ4n) is 1.73. The molecule has 4 nitrogen and oxygen atoms in total. The number of aryl methyl sites for hydroxylation is 2. The molecule has 6 heteroatoms. The summed E-state index contributed by atoms with van der Waals surface area (Å²) in [5.74, 6) is 0.876. The van der Waals surface area contributed by atoms with E-state index in [1.54, 1.807) is 16.0 Å². The summed E-state index contributed by atoms with van der Waals surface area (Å²) in [5, 5.41) is 11.8. The van der Waals surface area contributed by atoms with Gasteiger partial charge in [-0.25, -0.2) is 0 Å². The maximum absolute atomic E-state index is 5.72. The van der Waals surface area contributed by atoms with Crippen LogP contribution >= 0.6 is 23.6 Å². The molecule has 0 saturated heterocycles. The third-order valence-electron chi connectivity index (χ3n) is 2.51. The Kier molecular flexibility index (Phi) is 3.44. The minimum absolute atomic E-state index is 0.378. The Balaban J connectivity index is 2.23. The van der Waals surface area contributed by atoms with E-state index in [9.17, 15) is 0 Å². The summed E-state index contributed by atoms with van der Waals surface area (Å²) in [6.45, 7) is 2.66. The number of nitrogens with two attached hydrogens (primary N) is 1. The molecule has 0 bridgehead atoms. The van der Waals surface area contributed by atoms with Gasteiger partial charge in [0.2, 0.25) is 0 Å². The van der Waals surface area contributed by atoms with Crippen molar-refractivity contribution in [3.63, 3.8) is 0 Å². The summed E-state index contributed by atoms with van der Waals surface area (Å²) in [5.41, 5.74) is 8.64. The van der Waals surface area contributed by atoms with Gasteiger partial charge in [-0.3, -0.25) is 4.68 Å². The molecule has 0 aliphatic rings. The van der Waals surface area contributed by atoms with Gasteiger partial charge in [0, 0.05) is 13.6 Å². The molecule has 17 heavy (non-hydrogen) atoms. The van der Waals surface area contributed by atoms with Crippen LogP contribution in [-0.4, -0.2) is 14.8 Å². The van der Waals surface area contributed by atoms with Gasteiger partial charge < -0.3 is 11.1 Å². The molecule has 2 aromatic heterocycles. The lowest BCUT2D eigenvalue weighted by atomic mass is 10.2. The molecule has 0 radical (unpaired) electrons. The van der Waals surface area contributed by atoms with Crippen LogP contribution in [0.4, 0.5) is 5.82 Å². The highest BCUT2D eigenvalue weighted by molar-refractivity contribution is 7.80. The zero-order chi connectivity index (χ0) is 12.4. The average Bonchev–Trinajstić information content (AvgIpc) is 2.83. The second-order valence-corrected chi connectivity index (χ2v) is 5.00. The molecular formula is C11H14N4S2. The first kappa shape index (κ1) is 12.1. The van der Waals surface area contributed by atoms with Crippen molar-refractivity contribution in [3.8, 4) is 0 Å². The lowest BCUT2D eigenvalue weighted by Crippen LogP contribution is -2.14. The Morgan fingerprint density at radius 2 is 2.41 bits per heavy atom. The normalized spacial score (nSPS) is 10.5. The summed E-state index contributed by atoms with van der Waals surface area (Å²) < 4.78 is 1.77. The van der Waals surface area contributed by atoms with E-state index in [1.807, 2.05) is 14.0 Å². The highest BCUT2D eigenvalue weighted by Crippen LogP contribution is 2.19. The number of anilines is 1. The van der Waals surface area contributed by atoms with Crippen molar-refractivity contribution in [2.45, 2.75) is 13.5 Å². The van der Waals surface area contributed by atoms with Crippen LogP contribution < -0.4 is 11.1 Å². The molecule has 0 aromatic carbocycles. The lowest BCUT2D eigenvalue weighted by molar-refractivity contribution is 0.758. The second kappa shape index (κ2) is 4.85. The SMILES string of the molecule is Cc1nn(C)c(NCc2ccsc2)c1C(N)=S. The largest absolute Gasteiger partial charge is 0.389 e. The Bertz CT molecular complexity index is 528. The molecule has 0 unspecified atom stereocenters. The Morgan fingerprint density at radius 1 is 1.65 bits per heavy atom. The number of aromatic nitrogens is 2. The molecular weight excluding hydrogens is 252 g/mol. The zero-order valence-electron chi connectivity index (χ0n) is 9.73. The molecule has 0 amide bonds. The van der Waals surface area contributed by atoms with E-state index in [0.29, 0.717) is 4.99 Å². The summed E-state index contributed by atoms with van der Waals surface area (Å²) in [4.78, 5) is 0.378. The van der Waals surface area contributed by atoms with Crippen LogP contribution in [0.15, 0.2) is 16.8 Å². The van der Waals surface area contributed by atoms with Crippen molar-refractivity contribution in [2.24, 2.45) is 12.8 Å². The van der Waals surface area contributed by atoms with E-state index in [4.69, 9.17) is 18.0 Å². The molecule has 0 saturated carbocycles. The van der Waals surface area contributed by atoms with Gasteiger partial charge in [0.05, 0.1) is 11.3 Å². The number of thiophene rings is 1. The van der Waals surface area contributed by atoms with Gasteiger partial charge in [0.1, 0.15) is 10.8 Å². The average molecular weight is 266 g/mol. The van der Waals surface area contributed by atoms with Gasteiger partial charge >= 0.3 is 0 Å². The van der Waals surface area contributed by atoms with Crippen molar-refractivity contribution in [1.82, 2.24) is 9.78 Å². The van der Waals surface area contributed by atoms with Gasteiger partial charge in [-0.15, -0.1) is 0 Å². The van der Waals surface area contributed by atoms with Gasteiger partial charge in [-0.1, -0.05) is 12.2 Å². The fourth-order valence-corrected chi connectivity index (χ4v) is 2.65. The summed E-state index contributed by atoms with van der Waals surface area (Å²) in [6.07, 6.45) is 0. The number of nitrogens with zero attached hydrogens (tertiary/aromatic N) is 2. The van der Waals surface area contributed by atoms with E-state index in [-0.39, 0.29) is 0 Å². The predicted octanol–water partition coefficient (Wildman–Crippen LogP) is 2.04. The smallest absolute Gasteiger partial charge is 0.134 e. The molecule has 3 N–H and O–H groups in total. The minimum Gasteiger partial charge on any atom is -0.389 e. The Labute approximate surface area is 109 Å².